The fourth-order valence-corrected chi connectivity index (χ4v) is 3.11. The molecule has 1 aromatic rings. The van der Waals surface area contributed by atoms with Crippen LogP contribution in [-0.2, 0) is 6.54 Å². The number of hydrogen-bond donors (Lipinski definition) is 1. The van der Waals surface area contributed by atoms with E-state index < -0.39 is 0 Å². The van der Waals surface area contributed by atoms with Gasteiger partial charge in [0, 0.05) is 12.6 Å². The maximum atomic E-state index is 9.83. The maximum Gasteiger partial charge on any atom is 0.131 e. The summed E-state index contributed by atoms with van der Waals surface area (Å²) in [5.41, 5.74) is 1.05. The molecule has 2 unspecified atom stereocenters. The van der Waals surface area contributed by atoms with Gasteiger partial charge in [-0.25, -0.2) is 4.98 Å². The Kier molecular flexibility index (Phi) is 4.84. The number of likely N-dealkylation sites (tertiary alicyclic amines) is 1. The lowest BCUT2D eigenvalue weighted by Crippen LogP contribution is -2.45. The van der Waals surface area contributed by atoms with Crippen LogP contribution in [0.25, 0.3) is 0 Å². The SMILES string of the molecule is CC(O)C1CCCCN1Cc1cc(Cl)nc(Cl)c1. The number of hydrogen-bond acceptors (Lipinski definition) is 3. The molecule has 100 valence electrons. The van der Waals surface area contributed by atoms with Gasteiger partial charge in [-0.2, -0.15) is 0 Å². The zero-order valence-electron chi connectivity index (χ0n) is 10.4. The average Bonchev–Trinajstić information content (AvgIpc) is 2.27. The highest BCUT2D eigenvalue weighted by atomic mass is 35.5. The van der Waals surface area contributed by atoms with E-state index in [1.54, 1.807) is 0 Å². The Labute approximate surface area is 118 Å². The van der Waals surface area contributed by atoms with Crippen molar-refractivity contribution in [1.29, 1.82) is 0 Å². The molecule has 0 aliphatic carbocycles. The number of piperidine rings is 1. The molecule has 3 nitrogen and oxygen atoms in total. The molecule has 2 heterocycles. The summed E-state index contributed by atoms with van der Waals surface area (Å²) in [6.45, 7) is 3.63. The molecular formula is C13H18Cl2N2O. The summed E-state index contributed by atoms with van der Waals surface area (Å²) in [6, 6.07) is 3.90. The zero-order chi connectivity index (χ0) is 13.1. The Balaban J connectivity index is 2.10. The molecule has 1 aromatic heterocycles. The van der Waals surface area contributed by atoms with E-state index in [0.29, 0.717) is 10.3 Å². The van der Waals surface area contributed by atoms with Crippen molar-refractivity contribution < 1.29 is 5.11 Å². The summed E-state index contributed by atoms with van der Waals surface area (Å²) >= 11 is 11.8. The predicted molar refractivity (Wildman–Crippen MR) is 74.0 cm³/mol. The quantitative estimate of drug-likeness (QED) is 0.869. The molecule has 5 heteroatoms. The molecule has 0 bridgehead atoms. The minimum Gasteiger partial charge on any atom is -0.392 e. The Hall–Kier alpha value is -0.350. The Bertz CT molecular complexity index is 392. The van der Waals surface area contributed by atoms with Crippen molar-refractivity contribution in [3.8, 4) is 0 Å². The van der Waals surface area contributed by atoms with Gasteiger partial charge in [-0.15, -0.1) is 0 Å². The van der Waals surface area contributed by atoms with Crippen LogP contribution in [0.3, 0.4) is 0 Å². The third-order valence-electron chi connectivity index (χ3n) is 3.43. The fourth-order valence-electron chi connectivity index (χ4n) is 2.60. The van der Waals surface area contributed by atoms with E-state index in [9.17, 15) is 5.11 Å². The second kappa shape index (κ2) is 6.20. The number of aliphatic hydroxyl groups excluding tert-OH is 1. The van der Waals surface area contributed by atoms with Crippen LogP contribution in [0.5, 0.6) is 0 Å². The van der Waals surface area contributed by atoms with Gasteiger partial charge in [-0.1, -0.05) is 29.6 Å². The molecule has 1 saturated heterocycles. The molecule has 2 atom stereocenters. The first-order valence-corrected chi connectivity index (χ1v) is 7.06. The number of nitrogens with zero attached hydrogens (tertiary/aromatic N) is 2. The van der Waals surface area contributed by atoms with Gasteiger partial charge in [0.1, 0.15) is 10.3 Å². The minimum absolute atomic E-state index is 0.226. The smallest absolute Gasteiger partial charge is 0.131 e. The van der Waals surface area contributed by atoms with Crippen molar-refractivity contribution in [2.45, 2.75) is 44.9 Å². The number of aliphatic hydroxyl groups is 1. The van der Waals surface area contributed by atoms with E-state index in [0.717, 1.165) is 25.1 Å². The minimum atomic E-state index is -0.307. The first-order chi connectivity index (χ1) is 8.56. The molecular weight excluding hydrogens is 271 g/mol. The van der Waals surface area contributed by atoms with Gasteiger partial charge in [0.05, 0.1) is 6.10 Å². The van der Waals surface area contributed by atoms with E-state index in [1.807, 2.05) is 19.1 Å². The predicted octanol–water partition coefficient (Wildman–Crippen LogP) is 3.12. The van der Waals surface area contributed by atoms with Crippen molar-refractivity contribution in [3.05, 3.63) is 28.0 Å². The van der Waals surface area contributed by atoms with E-state index in [-0.39, 0.29) is 12.1 Å². The Morgan fingerprint density at radius 3 is 2.67 bits per heavy atom. The van der Waals surface area contributed by atoms with Gasteiger partial charge in [0.25, 0.3) is 0 Å². The molecule has 1 N–H and O–H groups in total. The molecule has 0 spiro atoms. The van der Waals surface area contributed by atoms with E-state index in [1.165, 1.54) is 12.8 Å². The van der Waals surface area contributed by atoms with Crippen molar-refractivity contribution >= 4 is 23.2 Å². The first kappa shape index (κ1) is 14.1. The van der Waals surface area contributed by atoms with Gasteiger partial charge in [0.15, 0.2) is 0 Å². The van der Waals surface area contributed by atoms with Crippen molar-refractivity contribution in [2.75, 3.05) is 6.54 Å². The summed E-state index contributed by atoms with van der Waals surface area (Å²) in [5, 5.41) is 10.7. The van der Waals surface area contributed by atoms with Gasteiger partial charge in [-0.05, 0) is 44.0 Å². The third kappa shape index (κ3) is 3.58. The molecule has 18 heavy (non-hydrogen) atoms. The largest absolute Gasteiger partial charge is 0.392 e. The van der Waals surface area contributed by atoms with Crippen molar-refractivity contribution in [2.24, 2.45) is 0 Å². The number of aromatic nitrogens is 1. The van der Waals surface area contributed by atoms with Crippen molar-refractivity contribution in [3.63, 3.8) is 0 Å². The molecule has 0 saturated carbocycles. The molecule has 1 fully saturated rings. The number of rotatable bonds is 3. The van der Waals surface area contributed by atoms with Crippen LogP contribution >= 0.6 is 23.2 Å². The number of pyridine rings is 1. The summed E-state index contributed by atoms with van der Waals surface area (Å²) in [4.78, 5) is 6.25. The van der Waals surface area contributed by atoms with Crippen LogP contribution in [0.4, 0.5) is 0 Å². The van der Waals surface area contributed by atoms with E-state index >= 15 is 0 Å². The first-order valence-electron chi connectivity index (χ1n) is 6.30. The van der Waals surface area contributed by atoms with Crippen LogP contribution in [0.1, 0.15) is 31.7 Å². The van der Waals surface area contributed by atoms with Gasteiger partial charge in [-0.3, -0.25) is 4.90 Å². The number of halogens is 2. The highest BCUT2D eigenvalue weighted by molar-refractivity contribution is 6.32. The Morgan fingerprint density at radius 1 is 1.39 bits per heavy atom. The normalized spacial score (nSPS) is 23.0. The topological polar surface area (TPSA) is 36.4 Å². The van der Waals surface area contributed by atoms with Crippen LogP contribution < -0.4 is 0 Å². The second-order valence-electron chi connectivity index (χ2n) is 4.90. The van der Waals surface area contributed by atoms with Gasteiger partial charge in [0.2, 0.25) is 0 Å². The molecule has 0 amide bonds. The molecule has 2 rings (SSSR count). The third-order valence-corrected chi connectivity index (χ3v) is 3.82. The fraction of sp³-hybridized carbons (Fsp3) is 0.615. The summed E-state index contributed by atoms with van der Waals surface area (Å²) in [5.74, 6) is 0. The molecule has 1 aliphatic rings. The summed E-state index contributed by atoms with van der Waals surface area (Å²) in [7, 11) is 0. The van der Waals surface area contributed by atoms with Gasteiger partial charge >= 0.3 is 0 Å². The lowest BCUT2D eigenvalue weighted by Gasteiger charge is -2.37. The monoisotopic (exact) mass is 288 g/mol. The van der Waals surface area contributed by atoms with Crippen LogP contribution in [-0.4, -0.2) is 33.7 Å². The van der Waals surface area contributed by atoms with E-state index in [4.69, 9.17) is 23.2 Å². The molecule has 0 radical (unpaired) electrons. The lowest BCUT2D eigenvalue weighted by atomic mass is 9.97. The highest BCUT2D eigenvalue weighted by Crippen LogP contribution is 2.23. The highest BCUT2D eigenvalue weighted by Gasteiger charge is 2.26. The summed E-state index contributed by atoms with van der Waals surface area (Å²) < 4.78 is 0. The van der Waals surface area contributed by atoms with Crippen LogP contribution in [0, 0.1) is 0 Å². The van der Waals surface area contributed by atoms with Gasteiger partial charge < -0.3 is 5.11 Å². The van der Waals surface area contributed by atoms with Crippen LogP contribution in [0.15, 0.2) is 12.1 Å². The molecule has 0 aromatic carbocycles. The summed E-state index contributed by atoms with van der Waals surface area (Å²) in [6.07, 6.45) is 3.10. The standard InChI is InChI=1S/C13H18Cl2N2O/c1-9(18)11-4-2-3-5-17(11)8-10-6-12(14)16-13(15)7-10/h6-7,9,11,18H,2-5,8H2,1H3. The average molecular weight is 289 g/mol. The maximum absolute atomic E-state index is 9.83. The Morgan fingerprint density at radius 2 is 2.06 bits per heavy atom. The zero-order valence-corrected chi connectivity index (χ0v) is 12.0. The van der Waals surface area contributed by atoms with Crippen LogP contribution in [0.2, 0.25) is 10.3 Å². The second-order valence-corrected chi connectivity index (χ2v) is 5.67. The van der Waals surface area contributed by atoms with Crippen molar-refractivity contribution in [1.82, 2.24) is 9.88 Å². The van der Waals surface area contributed by atoms with E-state index in [2.05, 4.69) is 9.88 Å². The molecule has 1 aliphatic heterocycles. The lowest BCUT2D eigenvalue weighted by molar-refractivity contribution is 0.0317.